The van der Waals surface area contributed by atoms with Crippen molar-refractivity contribution in [1.82, 2.24) is 0 Å². The lowest BCUT2D eigenvalue weighted by Gasteiger charge is -2.14. The van der Waals surface area contributed by atoms with Crippen LogP contribution in [0.15, 0.2) is 23.3 Å². The van der Waals surface area contributed by atoms with Gasteiger partial charge in [-0.25, -0.2) is 0 Å². The molecule has 0 heterocycles. The Morgan fingerprint density at radius 1 is 1.23 bits per heavy atom. The van der Waals surface area contributed by atoms with E-state index in [-0.39, 0.29) is 0 Å². The minimum Gasteiger partial charge on any atom is -0.308 e. The third kappa shape index (κ3) is 3.58. The Balaban J connectivity index is 4.84. The maximum atomic E-state index is 7.34. The van der Waals surface area contributed by atoms with Gasteiger partial charge in [-0.15, -0.1) is 0 Å². The summed E-state index contributed by atoms with van der Waals surface area (Å²) in [5, 5.41) is 7.34. The number of hydrogen-bond acceptors (Lipinski definition) is 1. The molecule has 0 aliphatic rings. The van der Waals surface area contributed by atoms with Crippen molar-refractivity contribution in [1.29, 1.82) is 5.41 Å². The summed E-state index contributed by atoms with van der Waals surface area (Å²) in [5.74, 6) is 0.897. The van der Waals surface area contributed by atoms with Crippen LogP contribution in [0.2, 0.25) is 0 Å². The Labute approximate surface area is 82.1 Å². The minimum atomic E-state index is 0.448. The smallest absolute Gasteiger partial charge is 0.0212 e. The third-order valence-electron chi connectivity index (χ3n) is 2.40. The quantitative estimate of drug-likeness (QED) is 0.501. The van der Waals surface area contributed by atoms with Gasteiger partial charge in [0.1, 0.15) is 0 Å². The second-order valence-corrected chi connectivity index (χ2v) is 3.75. The SMILES string of the molecule is C/C=C\C(C)/C(C)=C(\C=N)C(C)C. The summed E-state index contributed by atoms with van der Waals surface area (Å²) >= 11 is 0. The molecule has 1 nitrogen and oxygen atoms in total. The van der Waals surface area contributed by atoms with Gasteiger partial charge >= 0.3 is 0 Å². The van der Waals surface area contributed by atoms with Crippen LogP contribution in [0.5, 0.6) is 0 Å². The van der Waals surface area contributed by atoms with Gasteiger partial charge in [0.2, 0.25) is 0 Å². The molecule has 0 aromatic heterocycles. The molecular weight excluding hydrogens is 158 g/mol. The molecule has 0 amide bonds. The van der Waals surface area contributed by atoms with Gasteiger partial charge in [0.05, 0.1) is 0 Å². The Kier molecular flexibility index (Phi) is 5.36. The number of rotatable bonds is 4. The lowest BCUT2D eigenvalue weighted by molar-refractivity contribution is 0.754. The van der Waals surface area contributed by atoms with Gasteiger partial charge in [0.15, 0.2) is 0 Å². The van der Waals surface area contributed by atoms with Crippen LogP contribution in [0.25, 0.3) is 0 Å². The summed E-state index contributed by atoms with van der Waals surface area (Å²) in [6, 6.07) is 0. The van der Waals surface area contributed by atoms with Crippen molar-refractivity contribution in [3.63, 3.8) is 0 Å². The zero-order valence-corrected chi connectivity index (χ0v) is 9.39. The number of allylic oxidation sites excluding steroid dienone is 4. The summed E-state index contributed by atoms with van der Waals surface area (Å²) in [7, 11) is 0. The fraction of sp³-hybridized carbons (Fsp3) is 0.583. The zero-order valence-electron chi connectivity index (χ0n) is 9.39. The average molecular weight is 179 g/mol. The highest BCUT2D eigenvalue weighted by molar-refractivity contribution is 5.77. The normalized spacial score (nSPS) is 16.2. The van der Waals surface area contributed by atoms with E-state index in [0.717, 1.165) is 5.57 Å². The largest absolute Gasteiger partial charge is 0.308 e. The monoisotopic (exact) mass is 179 g/mol. The van der Waals surface area contributed by atoms with E-state index in [9.17, 15) is 0 Å². The van der Waals surface area contributed by atoms with Crippen LogP contribution in [-0.2, 0) is 0 Å². The van der Waals surface area contributed by atoms with Gasteiger partial charge in [-0.05, 0) is 31.3 Å². The first-order chi connectivity index (χ1) is 6.04. The summed E-state index contributed by atoms with van der Waals surface area (Å²) < 4.78 is 0. The molecule has 0 spiro atoms. The van der Waals surface area contributed by atoms with E-state index >= 15 is 0 Å². The van der Waals surface area contributed by atoms with Crippen molar-refractivity contribution in [2.75, 3.05) is 0 Å². The molecule has 0 aromatic carbocycles. The molecule has 0 fully saturated rings. The first kappa shape index (κ1) is 12.2. The van der Waals surface area contributed by atoms with Crippen molar-refractivity contribution >= 4 is 6.21 Å². The van der Waals surface area contributed by atoms with Crippen LogP contribution in [0.4, 0.5) is 0 Å². The summed E-state index contributed by atoms with van der Waals surface area (Å²) in [5.41, 5.74) is 2.47. The number of hydrogen-bond donors (Lipinski definition) is 1. The first-order valence-corrected chi connectivity index (χ1v) is 4.88. The van der Waals surface area contributed by atoms with Crippen molar-refractivity contribution < 1.29 is 0 Å². The summed E-state index contributed by atoms with van der Waals surface area (Å²) in [6.07, 6.45) is 5.72. The topological polar surface area (TPSA) is 23.9 Å². The summed E-state index contributed by atoms with van der Waals surface area (Å²) in [4.78, 5) is 0. The van der Waals surface area contributed by atoms with Crippen LogP contribution < -0.4 is 0 Å². The molecule has 1 N–H and O–H groups in total. The van der Waals surface area contributed by atoms with Gasteiger partial charge < -0.3 is 5.41 Å². The van der Waals surface area contributed by atoms with Crippen LogP contribution in [0.3, 0.4) is 0 Å². The Morgan fingerprint density at radius 2 is 1.77 bits per heavy atom. The molecule has 0 saturated heterocycles. The molecule has 1 atom stereocenters. The second-order valence-electron chi connectivity index (χ2n) is 3.75. The van der Waals surface area contributed by atoms with Crippen LogP contribution in [-0.4, -0.2) is 6.21 Å². The van der Waals surface area contributed by atoms with E-state index in [2.05, 4.69) is 39.8 Å². The minimum absolute atomic E-state index is 0.448. The molecule has 0 aliphatic heterocycles. The van der Waals surface area contributed by atoms with Crippen LogP contribution in [0, 0.1) is 17.2 Å². The Bertz CT molecular complexity index is 221. The predicted molar refractivity (Wildman–Crippen MR) is 60.3 cm³/mol. The van der Waals surface area contributed by atoms with Crippen molar-refractivity contribution in [3.8, 4) is 0 Å². The lowest BCUT2D eigenvalue weighted by Crippen LogP contribution is -2.03. The Morgan fingerprint density at radius 3 is 2.08 bits per heavy atom. The van der Waals surface area contributed by atoms with E-state index in [1.54, 1.807) is 0 Å². The van der Waals surface area contributed by atoms with E-state index in [0.29, 0.717) is 11.8 Å². The molecule has 0 aromatic rings. The highest BCUT2D eigenvalue weighted by atomic mass is 14.3. The second kappa shape index (κ2) is 5.74. The van der Waals surface area contributed by atoms with Crippen molar-refractivity contribution in [2.45, 2.75) is 34.6 Å². The highest BCUT2D eigenvalue weighted by Gasteiger charge is 2.08. The molecule has 1 unspecified atom stereocenters. The van der Waals surface area contributed by atoms with E-state index in [1.165, 1.54) is 11.8 Å². The average Bonchev–Trinajstić information content (AvgIpc) is 2.05. The van der Waals surface area contributed by atoms with Gasteiger partial charge in [0, 0.05) is 6.21 Å². The van der Waals surface area contributed by atoms with E-state index in [1.807, 2.05) is 6.92 Å². The molecular formula is C12H21N. The Hall–Kier alpha value is -0.850. The molecule has 0 rings (SSSR count). The standard InChI is InChI=1S/C12H21N/c1-6-7-10(4)11(5)12(8-13)9(2)3/h6-10,13H,1-5H3/b7-6-,12-11+,13-8?. The van der Waals surface area contributed by atoms with Crippen molar-refractivity contribution in [3.05, 3.63) is 23.3 Å². The molecule has 0 radical (unpaired) electrons. The highest BCUT2D eigenvalue weighted by Crippen LogP contribution is 2.20. The van der Waals surface area contributed by atoms with Crippen molar-refractivity contribution in [2.24, 2.45) is 11.8 Å². The van der Waals surface area contributed by atoms with Gasteiger partial charge in [-0.1, -0.05) is 38.5 Å². The molecule has 13 heavy (non-hydrogen) atoms. The summed E-state index contributed by atoms with van der Waals surface area (Å²) in [6.45, 7) is 10.6. The lowest BCUT2D eigenvalue weighted by atomic mass is 9.91. The fourth-order valence-corrected chi connectivity index (χ4v) is 1.43. The van der Waals surface area contributed by atoms with Crippen LogP contribution >= 0.6 is 0 Å². The van der Waals surface area contributed by atoms with Crippen LogP contribution in [0.1, 0.15) is 34.6 Å². The molecule has 0 bridgehead atoms. The zero-order chi connectivity index (χ0) is 10.4. The molecule has 0 saturated carbocycles. The van der Waals surface area contributed by atoms with E-state index in [4.69, 9.17) is 5.41 Å². The third-order valence-corrected chi connectivity index (χ3v) is 2.40. The maximum Gasteiger partial charge on any atom is 0.0212 e. The molecule has 74 valence electrons. The molecule has 1 heteroatoms. The van der Waals surface area contributed by atoms with Gasteiger partial charge in [0.25, 0.3) is 0 Å². The predicted octanol–water partition coefficient (Wildman–Crippen LogP) is 3.82. The fourth-order valence-electron chi connectivity index (χ4n) is 1.43. The maximum absolute atomic E-state index is 7.34. The number of nitrogens with one attached hydrogen (secondary N) is 1. The van der Waals surface area contributed by atoms with Gasteiger partial charge in [-0.2, -0.15) is 0 Å². The molecule has 0 aliphatic carbocycles. The van der Waals surface area contributed by atoms with E-state index < -0.39 is 0 Å². The first-order valence-electron chi connectivity index (χ1n) is 4.88. The van der Waals surface area contributed by atoms with Gasteiger partial charge in [-0.3, -0.25) is 0 Å².